The normalized spacial score (nSPS) is 14.2. The molecule has 0 saturated carbocycles. The molecule has 16 heteroatoms. The standard InChI is InChI=1S/C39H36F3N7O5S/c1-3-28-11-7-8-25(2)34(28)49-33(50)23-55-37(49)46-36(51)44-32(45-38(52)53-22-27-9-5-4-6-10-27)21-14-26-12-15-29(16-13-26)35-43-24-48(47-35)30-17-19-31(20-18-30)54-39(40,41)42/h4-13,15-20,24,32H,3,14,21-23H2,1-2H3,(H,44,51)(H,45,52)/b46-37-. The Morgan fingerprint density at radius 1 is 0.945 bits per heavy atom. The number of urea groups is 1. The van der Waals surface area contributed by atoms with Gasteiger partial charge in [0.25, 0.3) is 0 Å². The van der Waals surface area contributed by atoms with Gasteiger partial charge >= 0.3 is 18.5 Å². The van der Waals surface area contributed by atoms with E-state index in [-0.39, 0.29) is 35.6 Å². The number of nitrogens with one attached hydrogen (secondary N) is 2. The van der Waals surface area contributed by atoms with E-state index in [1.807, 2.05) is 86.6 Å². The van der Waals surface area contributed by atoms with Gasteiger partial charge in [-0.1, -0.05) is 91.5 Å². The van der Waals surface area contributed by atoms with Crippen molar-refractivity contribution in [1.82, 2.24) is 25.4 Å². The number of aromatic nitrogens is 3. The topological polar surface area (TPSA) is 140 Å². The minimum Gasteiger partial charge on any atom is -0.445 e. The molecule has 2 heterocycles. The number of aliphatic imine (C=N–C) groups is 1. The number of ether oxygens (including phenoxy) is 2. The lowest BCUT2D eigenvalue weighted by Gasteiger charge is -2.22. The first-order chi connectivity index (χ1) is 26.5. The van der Waals surface area contributed by atoms with Crippen molar-refractivity contribution >= 4 is 40.6 Å². The number of amides is 4. The van der Waals surface area contributed by atoms with Crippen molar-refractivity contribution in [3.05, 3.63) is 126 Å². The quantitative estimate of drug-likeness (QED) is 0.123. The van der Waals surface area contributed by atoms with Crippen LogP contribution in [-0.4, -0.2) is 56.2 Å². The number of hydrogen-bond donors (Lipinski definition) is 2. The number of hydrogen-bond acceptors (Lipinski definition) is 8. The van der Waals surface area contributed by atoms with Gasteiger partial charge < -0.3 is 20.1 Å². The monoisotopic (exact) mass is 771 g/mol. The van der Waals surface area contributed by atoms with Gasteiger partial charge in [0.1, 0.15) is 24.8 Å². The van der Waals surface area contributed by atoms with Crippen molar-refractivity contribution in [1.29, 1.82) is 0 Å². The Kier molecular flexibility index (Phi) is 12.1. The Bertz CT molecular complexity index is 2160. The van der Waals surface area contributed by atoms with E-state index >= 15 is 0 Å². The minimum atomic E-state index is -4.79. The Morgan fingerprint density at radius 2 is 1.69 bits per heavy atom. The van der Waals surface area contributed by atoms with E-state index in [2.05, 4.69) is 30.4 Å². The summed E-state index contributed by atoms with van der Waals surface area (Å²) in [5.41, 5.74) is 5.40. The molecule has 0 spiro atoms. The van der Waals surface area contributed by atoms with Crippen LogP contribution < -0.4 is 20.3 Å². The summed E-state index contributed by atoms with van der Waals surface area (Å²) in [5, 5.41) is 10.2. The lowest BCUT2D eigenvalue weighted by Crippen LogP contribution is -2.48. The molecule has 6 rings (SSSR count). The van der Waals surface area contributed by atoms with Gasteiger partial charge in [0.05, 0.1) is 17.1 Å². The smallest absolute Gasteiger partial charge is 0.445 e. The van der Waals surface area contributed by atoms with Crippen LogP contribution in [0, 0.1) is 6.92 Å². The lowest BCUT2D eigenvalue weighted by atomic mass is 10.0. The Morgan fingerprint density at radius 3 is 2.40 bits per heavy atom. The van der Waals surface area contributed by atoms with Gasteiger partial charge in [0.15, 0.2) is 11.0 Å². The Balaban J connectivity index is 1.13. The molecule has 1 fully saturated rings. The maximum atomic E-state index is 13.4. The van der Waals surface area contributed by atoms with E-state index in [1.54, 1.807) is 0 Å². The third kappa shape index (κ3) is 10.3. The molecule has 1 aliphatic heterocycles. The number of carbonyl (C=O) groups is 3. The number of thioether (sulfide) groups is 1. The van der Waals surface area contributed by atoms with E-state index in [0.29, 0.717) is 35.6 Å². The second-order valence-electron chi connectivity index (χ2n) is 12.3. The number of rotatable bonds is 12. The van der Waals surface area contributed by atoms with E-state index in [9.17, 15) is 27.6 Å². The summed E-state index contributed by atoms with van der Waals surface area (Å²) in [6.07, 6.45) is -3.58. The summed E-state index contributed by atoms with van der Waals surface area (Å²) in [6.45, 7) is 3.93. The summed E-state index contributed by atoms with van der Waals surface area (Å²) in [5.74, 6) is -0.000285. The highest BCUT2D eigenvalue weighted by Crippen LogP contribution is 2.33. The van der Waals surface area contributed by atoms with Crippen molar-refractivity contribution in [2.24, 2.45) is 4.99 Å². The fourth-order valence-electron chi connectivity index (χ4n) is 5.80. The average molecular weight is 772 g/mol. The van der Waals surface area contributed by atoms with Gasteiger partial charge in [0, 0.05) is 5.56 Å². The van der Waals surface area contributed by atoms with E-state index in [1.165, 1.54) is 51.9 Å². The number of benzene rings is 4. The maximum absolute atomic E-state index is 13.4. The molecule has 2 N–H and O–H groups in total. The molecule has 1 atom stereocenters. The van der Waals surface area contributed by atoms with Gasteiger partial charge in [-0.05, 0) is 72.7 Å². The van der Waals surface area contributed by atoms with Crippen LogP contribution in [0.1, 0.15) is 35.6 Å². The highest BCUT2D eigenvalue weighted by atomic mass is 32.2. The molecule has 5 aromatic rings. The fraction of sp³-hybridized carbons (Fsp3) is 0.231. The molecule has 4 amide bonds. The number of alkyl carbamates (subject to hydrolysis) is 1. The predicted molar refractivity (Wildman–Crippen MR) is 202 cm³/mol. The second-order valence-corrected chi connectivity index (χ2v) is 13.3. The molecular weight excluding hydrogens is 736 g/mol. The number of amidine groups is 1. The van der Waals surface area contributed by atoms with E-state index in [4.69, 9.17) is 4.74 Å². The van der Waals surface area contributed by atoms with Gasteiger partial charge in [-0.2, -0.15) is 4.99 Å². The average Bonchev–Trinajstić information content (AvgIpc) is 3.80. The van der Waals surface area contributed by atoms with Crippen molar-refractivity contribution in [2.45, 2.75) is 52.2 Å². The summed E-state index contributed by atoms with van der Waals surface area (Å²) in [6, 6.07) is 26.8. The lowest BCUT2D eigenvalue weighted by molar-refractivity contribution is -0.274. The van der Waals surface area contributed by atoms with Crippen LogP contribution in [0.3, 0.4) is 0 Å². The molecule has 1 aromatic heterocycles. The van der Waals surface area contributed by atoms with Crippen LogP contribution in [0.2, 0.25) is 0 Å². The molecule has 12 nitrogen and oxygen atoms in total. The number of halogens is 3. The second kappa shape index (κ2) is 17.3. The molecule has 4 aromatic carbocycles. The third-order valence-corrected chi connectivity index (χ3v) is 9.37. The molecule has 1 saturated heterocycles. The zero-order valence-electron chi connectivity index (χ0n) is 29.7. The fourth-order valence-corrected chi connectivity index (χ4v) is 6.65. The van der Waals surface area contributed by atoms with Crippen LogP contribution in [-0.2, 0) is 29.0 Å². The van der Waals surface area contributed by atoms with Crippen LogP contribution in [0.15, 0.2) is 108 Å². The number of nitrogens with zero attached hydrogens (tertiary/aromatic N) is 5. The minimum absolute atomic E-state index is 0.0303. The van der Waals surface area contributed by atoms with Crippen molar-refractivity contribution in [3.63, 3.8) is 0 Å². The number of para-hydroxylation sites is 1. The molecule has 0 bridgehead atoms. The highest BCUT2D eigenvalue weighted by molar-refractivity contribution is 8.15. The maximum Gasteiger partial charge on any atom is 0.573 e. The molecule has 1 aliphatic rings. The third-order valence-electron chi connectivity index (χ3n) is 8.45. The molecule has 55 heavy (non-hydrogen) atoms. The van der Waals surface area contributed by atoms with Gasteiger partial charge in [0.2, 0.25) is 5.91 Å². The SMILES string of the molecule is CCc1cccc(C)c1N1C(=O)CS/C1=N\C(=O)NC(CCc1ccc(-c2ncn(-c3ccc(OC(F)(F)F)cc3)n2)cc1)NC(=O)OCc1ccccc1. The highest BCUT2D eigenvalue weighted by Gasteiger charge is 2.33. The van der Waals surface area contributed by atoms with E-state index < -0.39 is 24.7 Å². The summed E-state index contributed by atoms with van der Waals surface area (Å²) < 4.78 is 48.3. The van der Waals surface area contributed by atoms with Gasteiger partial charge in [-0.3, -0.25) is 9.69 Å². The summed E-state index contributed by atoms with van der Waals surface area (Å²) in [7, 11) is 0. The largest absolute Gasteiger partial charge is 0.573 e. The molecule has 0 radical (unpaired) electrons. The number of alkyl halides is 3. The molecular formula is C39H36F3N7O5S. The van der Waals surface area contributed by atoms with Crippen molar-refractivity contribution in [3.8, 4) is 22.8 Å². The molecule has 1 unspecified atom stereocenters. The molecule has 284 valence electrons. The van der Waals surface area contributed by atoms with Crippen LogP contribution in [0.5, 0.6) is 5.75 Å². The van der Waals surface area contributed by atoms with Crippen molar-refractivity contribution < 1.29 is 37.0 Å². The predicted octanol–water partition coefficient (Wildman–Crippen LogP) is 7.73. The first-order valence-electron chi connectivity index (χ1n) is 17.2. The van der Waals surface area contributed by atoms with Crippen LogP contribution in [0.25, 0.3) is 17.1 Å². The van der Waals surface area contributed by atoms with Crippen LogP contribution in [0.4, 0.5) is 28.4 Å². The zero-order valence-corrected chi connectivity index (χ0v) is 30.6. The Labute approximate surface area is 318 Å². The first kappa shape index (κ1) is 38.6. The van der Waals surface area contributed by atoms with Crippen LogP contribution >= 0.6 is 11.8 Å². The number of carbonyl (C=O) groups excluding carboxylic acids is 3. The summed E-state index contributed by atoms with van der Waals surface area (Å²) in [4.78, 5) is 49.3. The number of anilines is 1. The number of aryl methyl sites for hydroxylation is 3. The van der Waals surface area contributed by atoms with Gasteiger partial charge in [-0.15, -0.1) is 18.3 Å². The van der Waals surface area contributed by atoms with Crippen molar-refractivity contribution in [2.75, 3.05) is 10.7 Å². The van der Waals surface area contributed by atoms with Gasteiger partial charge in [-0.25, -0.2) is 19.3 Å². The Hall–Kier alpha value is -6.16. The summed E-state index contributed by atoms with van der Waals surface area (Å²) >= 11 is 1.17. The van der Waals surface area contributed by atoms with E-state index in [0.717, 1.165) is 22.3 Å². The molecule has 0 aliphatic carbocycles. The first-order valence-corrected chi connectivity index (χ1v) is 18.2. The zero-order chi connectivity index (χ0) is 39.0.